The fourth-order valence-electron chi connectivity index (χ4n) is 1.92. The topological polar surface area (TPSA) is 16.1 Å². The van der Waals surface area contributed by atoms with Crippen molar-refractivity contribution in [3.8, 4) is 0 Å². The van der Waals surface area contributed by atoms with E-state index >= 15 is 0 Å². The first-order valence-electron chi connectivity index (χ1n) is 5.18. The second-order valence-electron chi connectivity index (χ2n) is 4.04. The first-order chi connectivity index (χ1) is 7.18. The molecular weight excluding hydrogens is 275 g/mol. The third-order valence-corrected chi connectivity index (χ3v) is 4.11. The first-order valence-corrected chi connectivity index (χ1v) is 6.41. The molecular formula is C11H14BrClN2. The molecule has 0 aromatic carbocycles. The van der Waals surface area contributed by atoms with E-state index in [9.17, 15) is 0 Å². The average molecular weight is 290 g/mol. The number of rotatable bonds is 1. The van der Waals surface area contributed by atoms with E-state index in [0.29, 0.717) is 11.3 Å². The molecule has 0 bridgehead atoms. The molecule has 2 unspecified atom stereocenters. The number of alkyl halides is 1. The molecule has 15 heavy (non-hydrogen) atoms. The molecule has 0 saturated carbocycles. The summed E-state index contributed by atoms with van der Waals surface area (Å²) in [5, 5.41) is 0.309. The standard InChI is InChI=1S/C11H14BrClN2/c1-8-7-15(6-4-10(8)13)11-9(12)3-2-5-14-11/h2-3,5,8,10H,4,6-7H2,1H3. The Morgan fingerprint density at radius 1 is 1.60 bits per heavy atom. The Hall–Kier alpha value is -0.280. The second kappa shape index (κ2) is 4.71. The number of pyridine rings is 1. The van der Waals surface area contributed by atoms with E-state index in [2.05, 4.69) is 32.7 Å². The molecule has 1 aromatic rings. The number of piperidine rings is 1. The van der Waals surface area contributed by atoms with Crippen LogP contribution in [0.15, 0.2) is 22.8 Å². The van der Waals surface area contributed by atoms with Crippen molar-refractivity contribution in [1.82, 2.24) is 4.98 Å². The Labute approximate surface area is 104 Å². The van der Waals surface area contributed by atoms with Crippen molar-refractivity contribution < 1.29 is 0 Å². The van der Waals surface area contributed by atoms with Gasteiger partial charge in [-0.1, -0.05) is 6.92 Å². The van der Waals surface area contributed by atoms with Gasteiger partial charge in [-0.2, -0.15) is 0 Å². The molecule has 0 aliphatic carbocycles. The molecule has 0 N–H and O–H groups in total. The lowest BCUT2D eigenvalue weighted by Crippen LogP contribution is -2.40. The molecule has 0 spiro atoms. The van der Waals surface area contributed by atoms with Gasteiger partial charge in [0, 0.05) is 24.7 Å². The number of anilines is 1. The predicted molar refractivity (Wildman–Crippen MR) is 67.6 cm³/mol. The van der Waals surface area contributed by atoms with Crippen molar-refractivity contribution >= 4 is 33.3 Å². The summed E-state index contributed by atoms with van der Waals surface area (Å²) in [4.78, 5) is 6.70. The maximum absolute atomic E-state index is 6.20. The SMILES string of the molecule is CC1CN(c2ncccc2Br)CCC1Cl. The van der Waals surface area contributed by atoms with Crippen molar-refractivity contribution in [2.75, 3.05) is 18.0 Å². The molecule has 2 atom stereocenters. The van der Waals surface area contributed by atoms with Gasteiger partial charge in [-0.25, -0.2) is 4.98 Å². The van der Waals surface area contributed by atoms with Crippen LogP contribution in [-0.2, 0) is 0 Å². The summed E-state index contributed by atoms with van der Waals surface area (Å²) in [7, 11) is 0. The Balaban J connectivity index is 2.15. The van der Waals surface area contributed by atoms with E-state index in [-0.39, 0.29) is 0 Å². The van der Waals surface area contributed by atoms with Crippen molar-refractivity contribution in [2.45, 2.75) is 18.7 Å². The summed E-state index contributed by atoms with van der Waals surface area (Å²) < 4.78 is 1.06. The molecule has 0 amide bonds. The molecule has 82 valence electrons. The van der Waals surface area contributed by atoms with E-state index < -0.39 is 0 Å². The van der Waals surface area contributed by atoms with Crippen LogP contribution in [0.5, 0.6) is 0 Å². The summed E-state index contributed by atoms with van der Waals surface area (Å²) in [6, 6.07) is 3.96. The summed E-state index contributed by atoms with van der Waals surface area (Å²) in [6.45, 7) is 4.18. The van der Waals surface area contributed by atoms with Crippen molar-refractivity contribution in [2.24, 2.45) is 5.92 Å². The van der Waals surface area contributed by atoms with Crippen LogP contribution in [0.25, 0.3) is 0 Å². The maximum Gasteiger partial charge on any atom is 0.142 e. The number of halogens is 2. The Bertz CT molecular complexity index is 345. The molecule has 1 aliphatic heterocycles. The van der Waals surface area contributed by atoms with Gasteiger partial charge in [0.2, 0.25) is 0 Å². The van der Waals surface area contributed by atoms with Gasteiger partial charge in [0.25, 0.3) is 0 Å². The van der Waals surface area contributed by atoms with Gasteiger partial charge < -0.3 is 4.90 Å². The number of hydrogen-bond donors (Lipinski definition) is 0. The van der Waals surface area contributed by atoms with Crippen LogP contribution in [0.2, 0.25) is 0 Å². The van der Waals surface area contributed by atoms with Gasteiger partial charge in [0.15, 0.2) is 0 Å². The number of nitrogens with zero attached hydrogens (tertiary/aromatic N) is 2. The van der Waals surface area contributed by atoms with Gasteiger partial charge >= 0.3 is 0 Å². The van der Waals surface area contributed by atoms with Crippen molar-refractivity contribution in [3.05, 3.63) is 22.8 Å². The molecule has 2 rings (SSSR count). The lowest BCUT2D eigenvalue weighted by Gasteiger charge is -2.35. The zero-order valence-corrected chi connectivity index (χ0v) is 11.0. The Kier molecular flexibility index (Phi) is 3.52. The molecule has 1 fully saturated rings. The number of aromatic nitrogens is 1. The van der Waals surface area contributed by atoms with Crippen molar-refractivity contribution in [3.63, 3.8) is 0 Å². The Morgan fingerprint density at radius 3 is 3.07 bits per heavy atom. The van der Waals surface area contributed by atoms with Crippen LogP contribution in [0.1, 0.15) is 13.3 Å². The van der Waals surface area contributed by atoms with Crippen LogP contribution in [0.4, 0.5) is 5.82 Å². The molecule has 1 aromatic heterocycles. The quantitative estimate of drug-likeness (QED) is 0.738. The third-order valence-electron chi connectivity index (χ3n) is 2.84. The van der Waals surface area contributed by atoms with Crippen LogP contribution in [0.3, 0.4) is 0 Å². The van der Waals surface area contributed by atoms with Crippen LogP contribution < -0.4 is 4.90 Å². The molecule has 2 heterocycles. The zero-order chi connectivity index (χ0) is 10.8. The van der Waals surface area contributed by atoms with E-state index in [4.69, 9.17) is 11.6 Å². The lowest BCUT2D eigenvalue weighted by atomic mass is 10.00. The van der Waals surface area contributed by atoms with Gasteiger partial charge in [-0.15, -0.1) is 11.6 Å². The minimum absolute atomic E-state index is 0.309. The largest absolute Gasteiger partial charge is 0.355 e. The van der Waals surface area contributed by atoms with Gasteiger partial charge in [0.05, 0.1) is 4.47 Å². The maximum atomic E-state index is 6.20. The van der Waals surface area contributed by atoms with E-state index in [1.165, 1.54) is 0 Å². The summed E-state index contributed by atoms with van der Waals surface area (Å²) >= 11 is 9.73. The van der Waals surface area contributed by atoms with Gasteiger partial charge in [-0.05, 0) is 40.4 Å². The fraction of sp³-hybridized carbons (Fsp3) is 0.545. The van der Waals surface area contributed by atoms with Gasteiger partial charge in [-0.3, -0.25) is 0 Å². The van der Waals surface area contributed by atoms with Crippen LogP contribution in [-0.4, -0.2) is 23.5 Å². The molecule has 2 nitrogen and oxygen atoms in total. The minimum Gasteiger partial charge on any atom is -0.355 e. The van der Waals surface area contributed by atoms with E-state index in [0.717, 1.165) is 29.8 Å². The predicted octanol–water partition coefficient (Wildman–Crippen LogP) is 3.30. The van der Waals surface area contributed by atoms with Crippen LogP contribution in [0, 0.1) is 5.92 Å². The van der Waals surface area contributed by atoms with Crippen molar-refractivity contribution in [1.29, 1.82) is 0 Å². The fourth-order valence-corrected chi connectivity index (χ4v) is 2.60. The van der Waals surface area contributed by atoms with Gasteiger partial charge in [0.1, 0.15) is 5.82 Å². The molecule has 1 saturated heterocycles. The highest BCUT2D eigenvalue weighted by atomic mass is 79.9. The average Bonchev–Trinajstić information content (AvgIpc) is 2.23. The summed E-state index contributed by atoms with van der Waals surface area (Å²) in [5.74, 6) is 1.56. The lowest BCUT2D eigenvalue weighted by molar-refractivity contribution is 0.452. The normalized spacial score (nSPS) is 26.7. The van der Waals surface area contributed by atoms with E-state index in [1.807, 2.05) is 18.3 Å². The minimum atomic E-state index is 0.309. The monoisotopic (exact) mass is 288 g/mol. The number of hydrogen-bond acceptors (Lipinski definition) is 2. The highest BCUT2D eigenvalue weighted by Crippen LogP contribution is 2.29. The second-order valence-corrected chi connectivity index (χ2v) is 5.45. The first kappa shape index (κ1) is 11.2. The highest BCUT2D eigenvalue weighted by molar-refractivity contribution is 9.10. The third kappa shape index (κ3) is 2.45. The Morgan fingerprint density at radius 2 is 2.40 bits per heavy atom. The summed E-state index contributed by atoms with van der Waals surface area (Å²) in [6.07, 6.45) is 2.86. The van der Waals surface area contributed by atoms with E-state index in [1.54, 1.807) is 0 Å². The zero-order valence-electron chi connectivity index (χ0n) is 8.66. The molecule has 4 heteroatoms. The van der Waals surface area contributed by atoms with Crippen LogP contribution >= 0.6 is 27.5 Å². The molecule has 0 radical (unpaired) electrons. The summed E-state index contributed by atoms with van der Waals surface area (Å²) in [5.41, 5.74) is 0. The smallest absolute Gasteiger partial charge is 0.142 e. The highest BCUT2D eigenvalue weighted by Gasteiger charge is 2.25. The molecule has 1 aliphatic rings.